The lowest BCUT2D eigenvalue weighted by atomic mass is 10.2. The lowest BCUT2D eigenvalue weighted by Gasteiger charge is -2.33. The second-order valence-corrected chi connectivity index (χ2v) is 4.92. The van der Waals surface area contributed by atoms with Crippen LogP contribution in [0, 0.1) is 0 Å². The molecule has 2 rings (SSSR count). The van der Waals surface area contributed by atoms with Gasteiger partial charge >= 0.3 is 5.97 Å². The Hall–Kier alpha value is -1.59. The number of halogens is 1. The number of hydrogen-bond donors (Lipinski definition) is 1. The van der Waals surface area contributed by atoms with E-state index in [9.17, 15) is 9.59 Å². The first-order valence-corrected chi connectivity index (χ1v) is 6.39. The number of aliphatic carboxylic acids is 1. The van der Waals surface area contributed by atoms with Gasteiger partial charge in [0.15, 0.2) is 0 Å². The van der Waals surface area contributed by atoms with Crippen LogP contribution in [0.5, 0.6) is 0 Å². The molecule has 0 unspecified atom stereocenters. The highest BCUT2D eigenvalue weighted by Gasteiger charge is 2.25. The van der Waals surface area contributed by atoms with Crippen LogP contribution in [0.4, 0.5) is 0 Å². The van der Waals surface area contributed by atoms with Gasteiger partial charge in [-0.1, -0.05) is 29.8 Å². The molecule has 0 aromatic heterocycles. The molecule has 5 nitrogen and oxygen atoms in total. The van der Waals surface area contributed by atoms with Crippen molar-refractivity contribution in [3.63, 3.8) is 0 Å². The lowest BCUT2D eigenvalue weighted by Crippen LogP contribution is -2.51. The first-order chi connectivity index (χ1) is 9.06. The average molecular weight is 283 g/mol. The standard InChI is InChI=1S/C13H15ClN2O3/c14-11-4-2-1-3-10(11)7-15-5-6-16(9-13(18)19)12(17)8-15/h1-4H,5-9H2,(H,18,19). The summed E-state index contributed by atoms with van der Waals surface area (Å²) >= 11 is 6.08. The van der Waals surface area contributed by atoms with Gasteiger partial charge in [-0.15, -0.1) is 0 Å². The van der Waals surface area contributed by atoms with E-state index < -0.39 is 5.97 Å². The van der Waals surface area contributed by atoms with Crippen LogP contribution in [0.3, 0.4) is 0 Å². The molecule has 0 spiro atoms. The van der Waals surface area contributed by atoms with E-state index in [1.165, 1.54) is 4.90 Å². The fourth-order valence-electron chi connectivity index (χ4n) is 2.09. The molecule has 1 aromatic rings. The van der Waals surface area contributed by atoms with Gasteiger partial charge < -0.3 is 10.0 Å². The van der Waals surface area contributed by atoms with E-state index in [4.69, 9.17) is 16.7 Å². The number of piperazine rings is 1. The first kappa shape index (κ1) is 13.8. The Labute approximate surface area is 116 Å². The summed E-state index contributed by atoms with van der Waals surface area (Å²) in [6.45, 7) is 1.71. The molecule has 102 valence electrons. The van der Waals surface area contributed by atoms with Crippen molar-refractivity contribution in [1.29, 1.82) is 0 Å². The molecular formula is C13H15ClN2O3. The summed E-state index contributed by atoms with van der Waals surface area (Å²) in [5.41, 5.74) is 0.976. The average Bonchev–Trinajstić information content (AvgIpc) is 2.35. The van der Waals surface area contributed by atoms with Crippen LogP contribution in [-0.2, 0) is 16.1 Å². The van der Waals surface area contributed by atoms with Gasteiger partial charge in [-0.2, -0.15) is 0 Å². The zero-order chi connectivity index (χ0) is 13.8. The number of benzene rings is 1. The minimum atomic E-state index is -0.979. The molecule has 1 heterocycles. The molecule has 1 fully saturated rings. The summed E-state index contributed by atoms with van der Waals surface area (Å²) in [5, 5.41) is 9.38. The molecule has 1 aliphatic heterocycles. The smallest absolute Gasteiger partial charge is 0.323 e. The summed E-state index contributed by atoms with van der Waals surface area (Å²) in [6.07, 6.45) is 0. The van der Waals surface area contributed by atoms with Crippen LogP contribution in [0.2, 0.25) is 5.02 Å². The molecule has 19 heavy (non-hydrogen) atoms. The summed E-state index contributed by atoms with van der Waals surface area (Å²) in [7, 11) is 0. The van der Waals surface area contributed by atoms with Gasteiger partial charge in [0.2, 0.25) is 5.91 Å². The minimum Gasteiger partial charge on any atom is -0.480 e. The highest BCUT2D eigenvalue weighted by molar-refractivity contribution is 6.31. The van der Waals surface area contributed by atoms with E-state index >= 15 is 0 Å². The SMILES string of the molecule is O=C(O)CN1CCN(Cc2ccccc2Cl)CC1=O. The van der Waals surface area contributed by atoms with Crippen molar-refractivity contribution in [2.45, 2.75) is 6.54 Å². The topological polar surface area (TPSA) is 60.9 Å². The number of nitrogens with zero attached hydrogens (tertiary/aromatic N) is 2. The van der Waals surface area contributed by atoms with Crippen LogP contribution in [0.1, 0.15) is 5.56 Å². The normalized spacial score (nSPS) is 16.7. The zero-order valence-electron chi connectivity index (χ0n) is 10.4. The van der Waals surface area contributed by atoms with E-state index in [2.05, 4.69) is 0 Å². The van der Waals surface area contributed by atoms with Gasteiger partial charge in [-0.05, 0) is 11.6 Å². The van der Waals surface area contributed by atoms with Crippen LogP contribution in [0.25, 0.3) is 0 Å². The van der Waals surface area contributed by atoms with E-state index in [1.54, 1.807) is 0 Å². The van der Waals surface area contributed by atoms with Crippen LogP contribution >= 0.6 is 11.6 Å². The fraction of sp³-hybridized carbons (Fsp3) is 0.385. The Morgan fingerprint density at radius 2 is 2.05 bits per heavy atom. The number of carbonyl (C=O) groups excluding carboxylic acids is 1. The second-order valence-electron chi connectivity index (χ2n) is 4.51. The van der Waals surface area contributed by atoms with E-state index in [0.717, 1.165) is 5.56 Å². The maximum absolute atomic E-state index is 11.8. The second kappa shape index (κ2) is 6.04. The molecule has 0 radical (unpaired) electrons. The van der Waals surface area contributed by atoms with Gasteiger partial charge in [-0.3, -0.25) is 14.5 Å². The van der Waals surface area contributed by atoms with Crippen molar-refractivity contribution in [2.24, 2.45) is 0 Å². The molecule has 1 amide bonds. The maximum Gasteiger partial charge on any atom is 0.323 e. The van der Waals surface area contributed by atoms with E-state index in [0.29, 0.717) is 24.7 Å². The van der Waals surface area contributed by atoms with Gasteiger partial charge in [0.05, 0.1) is 6.54 Å². The van der Waals surface area contributed by atoms with Crippen molar-refractivity contribution in [3.05, 3.63) is 34.9 Å². The highest BCUT2D eigenvalue weighted by Crippen LogP contribution is 2.18. The van der Waals surface area contributed by atoms with Crippen LogP contribution in [-0.4, -0.2) is 53.0 Å². The Bertz CT molecular complexity index is 493. The number of hydrogen-bond acceptors (Lipinski definition) is 3. The van der Waals surface area contributed by atoms with Crippen molar-refractivity contribution < 1.29 is 14.7 Å². The number of amides is 1. The minimum absolute atomic E-state index is 0.152. The number of carboxylic acids is 1. The monoisotopic (exact) mass is 282 g/mol. The van der Waals surface area contributed by atoms with Crippen molar-refractivity contribution in [2.75, 3.05) is 26.2 Å². The van der Waals surface area contributed by atoms with Crippen LogP contribution in [0.15, 0.2) is 24.3 Å². The molecular weight excluding hydrogens is 268 g/mol. The third-order valence-electron chi connectivity index (χ3n) is 3.08. The predicted octanol–water partition coefficient (Wildman–Crippen LogP) is 1.07. The Balaban J connectivity index is 1.94. The molecule has 1 N–H and O–H groups in total. The fourth-order valence-corrected chi connectivity index (χ4v) is 2.29. The number of rotatable bonds is 4. The Kier molecular flexibility index (Phi) is 4.39. The Morgan fingerprint density at radius 1 is 1.32 bits per heavy atom. The van der Waals surface area contributed by atoms with Crippen molar-refractivity contribution in [1.82, 2.24) is 9.80 Å². The molecule has 6 heteroatoms. The van der Waals surface area contributed by atoms with E-state index in [-0.39, 0.29) is 19.0 Å². The highest BCUT2D eigenvalue weighted by atomic mass is 35.5. The van der Waals surface area contributed by atoms with Gasteiger partial charge in [0, 0.05) is 24.7 Å². The molecule has 1 aliphatic rings. The van der Waals surface area contributed by atoms with Gasteiger partial charge in [0.1, 0.15) is 6.54 Å². The zero-order valence-corrected chi connectivity index (χ0v) is 11.1. The first-order valence-electron chi connectivity index (χ1n) is 6.01. The van der Waals surface area contributed by atoms with Gasteiger partial charge in [0.25, 0.3) is 0 Å². The quantitative estimate of drug-likeness (QED) is 0.897. The number of carboxylic acid groups (broad SMARTS) is 1. The molecule has 0 atom stereocenters. The largest absolute Gasteiger partial charge is 0.480 e. The summed E-state index contributed by atoms with van der Waals surface area (Å²) < 4.78 is 0. The summed E-state index contributed by atoms with van der Waals surface area (Å²) in [4.78, 5) is 25.7. The van der Waals surface area contributed by atoms with Crippen LogP contribution < -0.4 is 0 Å². The summed E-state index contributed by atoms with van der Waals surface area (Å²) in [6, 6.07) is 7.52. The molecule has 0 bridgehead atoms. The van der Waals surface area contributed by atoms with Gasteiger partial charge in [-0.25, -0.2) is 0 Å². The third-order valence-corrected chi connectivity index (χ3v) is 3.44. The Morgan fingerprint density at radius 3 is 2.68 bits per heavy atom. The van der Waals surface area contributed by atoms with Crippen molar-refractivity contribution in [3.8, 4) is 0 Å². The molecule has 0 aliphatic carbocycles. The predicted molar refractivity (Wildman–Crippen MR) is 70.9 cm³/mol. The number of carbonyl (C=O) groups is 2. The molecule has 1 aromatic carbocycles. The van der Waals surface area contributed by atoms with Crippen molar-refractivity contribution >= 4 is 23.5 Å². The third kappa shape index (κ3) is 3.68. The lowest BCUT2D eigenvalue weighted by molar-refractivity contribution is -0.147. The molecule has 1 saturated heterocycles. The maximum atomic E-state index is 11.8. The van der Waals surface area contributed by atoms with E-state index in [1.807, 2.05) is 29.2 Å². The summed E-state index contributed by atoms with van der Waals surface area (Å²) in [5.74, 6) is -1.13. The molecule has 0 saturated carbocycles.